The molecule has 1 unspecified atom stereocenters. The van der Waals surface area contributed by atoms with Crippen molar-refractivity contribution in [2.45, 2.75) is 51.7 Å². The molecule has 0 aromatic heterocycles. The number of aliphatic hydroxyl groups excluding tert-OH is 1. The molecule has 1 aliphatic heterocycles. The first-order valence-electron chi connectivity index (χ1n) is 6.81. The van der Waals surface area contributed by atoms with Gasteiger partial charge in [0.15, 0.2) is 0 Å². The summed E-state index contributed by atoms with van der Waals surface area (Å²) in [5.74, 6) is 0. The molecule has 2 atom stereocenters. The molecule has 0 bridgehead atoms. The highest BCUT2D eigenvalue weighted by atomic mass is 16.3. The third-order valence-corrected chi connectivity index (χ3v) is 3.84. The van der Waals surface area contributed by atoms with Crippen LogP contribution in [0.25, 0.3) is 0 Å². The van der Waals surface area contributed by atoms with Gasteiger partial charge >= 0.3 is 0 Å². The zero-order chi connectivity index (χ0) is 12.3. The van der Waals surface area contributed by atoms with E-state index in [0.717, 1.165) is 18.5 Å². The molecular formula is C15H23NO. The Balaban J connectivity index is 2.31. The van der Waals surface area contributed by atoms with Gasteiger partial charge in [-0.25, -0.2) is 0 Å². The van der Waals surface area contributed by atoms with Gasteiger partial charge in [-0.15, -0.1) is 0 Å². The van der Waals surface area contributed by atoms with Crippen LogP contribution in [0.4, 0.5) is 5.69 Å². The average molecular weight is 233 g/mol. The molecule has 2 nitrogen and oxygen atoms in total. The minimum absolute atomic E-state index is 0.329. The summed E-state index contributed by atoms with van der Waals surface area (Å²) in [5.41, 5.74) is 2.33. The standard InChI is InChI=1S/C15H23NO/c1-3-12-8-7-11-16(12)14-10-6-5-9-13(14)15(17)4-2/h5-6,9-10,12,15,17H,3-4,7-8,11H2,1-2H3/t12?,15-/m0/s1. The van der Waals surface area contributed by atoms with Gasteiger partial charge in [0, 0.05) is 23.8 Å². The number of rotatable bonds is 4. The second kappa shape index (κ2) is 5.54. The summed E-state index contributed by atoms with van der Waals surface area (Å²) in [6.07, 6.45) is 4.20. The third-order valence-electron chi connectivity index (χ3n) is 3.84. The Morgan fingerprint density at radius 3 is 2.82 bits per heavy atom. The molecule has 2 rings (SSSR count). The maximum absolute atomic E-state index is 10.1. The highest BCUT2D eigenvalue weighted by Gasteiger charge is 2.25. The highest BCUT2D eigenvalue weighted by molar-refractivity contribution is 5.56. The van der Waals surface area contributed by atoms with Crippen LogP contribution in [0.1, 0.15) is 51.2 Å². The van der Waals surface area contributed by atoms with E-state index in [2.05, 4.69) is 30.0 Å². The van der Waals surface area contributed by atoms with E-state index in [1.165, 1.54) is 24.9 Å². The zero-order valence-electron chi connectivity index (χ0n) is 10.9. The number of aliphatic hydroxyl groups is 1. The van der Waals surface area contributed by atoms with Crippen LogP contribution in [0.3, 0.4) is 0 Å². The first-order chi connectivity index (χ1) is 8.27. The number of anilines is 1. The summed E-state index contributed by atoms with van der Waals surface area (Å²) in [6.45, 7) is 5.41. The van der Waals surface area contributed by atoms with Gasteiger partial charge in [0.25, 0.3) is 0 Å². The lowest BCUT2D eigenvalue weighted by atomic mass is 10.0. The molecule has 0 amide bonds. The lowest BCUT2D eigenvalue weighted by molar-refractivity contribution is 0.174. The van der Waals surface area contributed by atoms with E-state index in [0.29, 0.717) is 6.04 Å². The predicted molar refractivity (Wildman–Crippen MR) is 72.4 cm³/mol. The van der Waals surface area contributed by atoms with Crippen molar-refractivity contribution in [2.24, 2.45) is 0 Å². The van der Waals surface area contributed by atoms with E-state index in [1.807, 2.05) is 13.0 Å². The normalized spacial score (nSPS) is 21.8. The number of benzene rings is 1. The molecule has 1 saturated heterocycles. The van der Waals surface area contributed by atoms with Crippen LogP contribution in [-0.2, 0) is 0 Å². The predicted octanol–water partition coefficient (Wildman–Crippen LogP) is 3.51. The van der Waals surface area contributed by atoms with Gasteiger partial charge in [0.1, 0.15) is 0 Å². The summed E-state index contributed by atoms with van der Waals surface area (Å²) >= 11 is 0. The molecule has 1 aromatic carbocycles. The van der Waals surface area contributed by atoms with Crippen LogP contribution in [0.2, 0.25) is 0 Å². The smallest absolute Gasteiger partial charge is 0.0807 e. The van der Waals surface area contributed by atoms with Gasteiger partial charge in [0.2, 0.25) is 0 Å². The molecule has 1 N–H and O–H groups in total. The van der Waals surface area contributed by atoms with E-state index in [-0.39, 0.29) is 6.10 Å². The van der Waals surface area contributed by atoms with E-state index in [4.69, 9.17) is 0 Å². The summed E-state index contributed by atoms with van der Waals surface area (Å²) in [5, 5.41) is 10.1. The molecular weight excluding hydrogens is 210 g/mol. The van der Waals surface area contributed by atoms with Crippen LogP contribution in [-0.4, -0.2) is 17.7 Å². The number of hydrogen-bond donors (Lipinski definition) is 1. The van der Waals surface area contributed by atoms with Gasteiger partial charge in [-0.2, -0.15) is 0 Å². The maximum atomic E-state index is 10.1. The van der Waals surface area contributed by atoms with Crippen molar-refractivity contribution >= 4 is 5.69 Å². The lowest BCUT2D eigenvalue weighted by Gasteiger charge is -2.29. The van der Waals surface area contributed by atoms with Crippen molar-refractivity contribution in [3.63, 3.8) is 0 Å². The second-order valence-electron chi connectivity index (χ2n) is 4.88. The quantitative estimate of drug-likeness (QED) is 0.860. The van der Waals surface area contributed by atoms with E-state index >= 15 is 0 Å². The lowest BCUT2D eigenvalue weighted by Crippen LogP contribution is -2.29. The topological polar surface area (TPSA) is 23.5 Å². The van der Waals surface area contributed by atoms with Crippen molar-refractivity contribution in [2.75, 3.05) is 11.4 Å². The minimum atomic E-state index is -0.329. The Bertz CT molecular complexity index is 364. The third kappa shape index (κ3) is 2.47. The summed E-state index contributed by atoms with van der Waals surface area (Å²) in [6, 6.07) is 8.97. The molecule has 2 heteroatoms. The number of nitrogens with zero attached hydrogens (tertiary/aromatic N) is 1. The molecule has 1 fully saturated rings. The molecule has 0 spiro atoms. The first kappa shape index (κ1) is 12.4. The molecule has 1 heterocycles. The van der Waals surface area contributed by atoms with Crippen molar-refractivity contribution in [1.82, 2.24) is 0 Å². The Morgan fingerprint density at radius 1 is 1.35 bits per heavy atom. The maximum Gasteiger partial charge on any atom is 0.0807 e. The number of hydrogen-bond acceptors (Lipinski definition) is 2. The molecule has 0 radical (unpaired) electrons. The van der Waals surface area contributed by atoms with Crippen molar-refractivity contribution < 1.29 is 5.11 Å². The number of para-hydroxylation sites is 1. The van der Waals surface area contributed by atoms with Crippen molar-refractivity contribution in [3.8, 4) is 0 Å². The van der Waals surface area contributed by atoms with E-state index in [9.17, 15) is 5.11 Å². The highest BCUT2D eigenvalue weighted by Crippen LogP contribution is 2.33. The van der Waals surface area contributed by atoms with Gasteiger partial charge in [-0.3, -0.25) is 0 Å². The van der Waals surface area contributed by atoms with Crippen LogP contribution in [0.5, 0.6) is 0 Å². The van der Waals surface area contributed by atoms with E-state index in [1.54, 1.807) is 0 Å². The Labute approximate surface area is 104 Å². The summed E-state index contributed by atoms with van der Waals surface area (Å²) in [4.78, 5) is 2.48. The fourth-order valence-corrected chi connectivity index (χ4v) is 2.83. The van der Waals surface area contributed by atoms with Gasteiger partial charge < -0.3 is 10.0 Å². The first-order valence-corrected chi connectivity index (χ1v) is 6.81. The van der Waals surface area contributed by atoms with Crippen LogP contribution < -0.4 is 4.90 Å². The molecule has 0 aliphatic carbocycles. The van der Waals surface area contributed by atoms with Crippen molar-refractivity contribution in [3.05, 3.63) is 29.8 Å². The average Bonchev–Trinajstić information content (AvgIpc) is 2.86. The minimum Gasteiger partial charge on any atom is -0.388 e. The fraction of sp³-hybridized carbons (Fsp3) is 0.600. The van der Waals surface area contributed by atoms with Gasteiger partial charge in [-0.05, 0) is 31.7 Å². The molecule has 1 aliphatic rings. The van der Waals surface area contributed by atoms with E-state index < -0.39 is 0 Å². The molecule has 0 saturated carbocycles. The molecule has 17 heavy (non-hydrogen) atoms. The zero-order valence-corrected chi connectivity index (χ0v) is 10.9. The Hall–Kier alpha value is -1.02. The monoisotopic (exact) mass is 233 g/mol. The fourth-order valence-electron chi connectivity index (χ4n) is 2.83. The van der Waals surface area contributed by atoms with Crippen LogP contribution in [0.15, 0.2) is 24.3 Å². The van der Waals surface area contributed by atoms with Crippen LogP contribution >= 0.6 is 0 Å². The van der Waals surface area contributed by atoms with Gasteiger partial charge in [-0.1, -0.05) is 32.0 Å². The summed E-state index contributed by atoms with van der Waals surface area (Å²) < 4.78 is 0. The Kier molecular flexibility index (Phi) is 4.06. The largest absolute Gasteiger partial charge is 0.388 e. The second-order valence-corrected chi connectivity index (χ2v) is 4.88. The molecule has 1 aromatic rings. The van der Waals surface area contributed by atoms with Crippen molar-refractivity contribution in [1.29, 1.82) is 0 Å². The van der Waals surface area contributed by atoms with Crippen LogP contribution in [0, 0.1) is 0 Å². The Morgan fingerprint density at radius 2 is 2.12 bits per heavy atom. The SMILES string of the molecule is CCC1CCCN1c1ccccc1[C@@H](O)CC. The summed E-state index contributed by atoms with van der Waals surface area (Å²) in [7, 11) is 0. The molecule has 94 valence electrons. The van der Waals surface area contributed by atoms with Gasteiger partial charge in [0.05, 0.1) is 6.10 Å².